The summed E-state index contributed by atoms with van der Waals surface area (Å²) in [7, 11) is 0. The van der Waals surface area contributed by atoms with Crippen LogP contribution in [0.25, 0.3) is 0 Å². The monoisotopic (exact) mass is 223 g/mol. The summed E-state index contributed by atoms with van der Waals surface area (Å²) >= 11 is 0. The Labute approximate surface area is 91.5 Å². The number of nitrogen functional groups attached to an aromatic ring is 1. The van der Waals surface area contributed by atoms with Crippen LogP contribution in [0.4, 0.5) is 14.7 Å². The molecule has 3 nitrogen and oxygen atoms in total. The number of hydrogen-bond acceptors (Lipinski definition) is 2. The SMILES string of the molecule is Cc1cnc(N)n1Cc1c(F)cccc1F. The molecule has 0 aliphatic rings. The largest absolute Gasteiger partial charge is 0.369 e. The Kier molecular flexibility index (Phi) is 2.60. The van der Waals surface area contributed by atoms with Gasteiger partial charge in [-0.05, 0) is 19.1 Å². The van der Waals surface area contributed by atoms with Crippen LogP contribution >= 0.6 is 0 Å². The number of benzene rings is 1. The lowest BCUT2D eigenvalue weighted by atomic mass is 10.2. The van der Waals surface area contributed by atoms with Gasteiger partial charge >= 0.3 is 0 Å². The quantitative estimate of drug-likeness (QED) is 0.847. The molecule has 0 aliphatic carbocycles. The van der Waals surface area contributed by atoms with Crippen LogP contribution in [0, 0.1) is 18.6 Å². The number of nitrogens with two attached hydrogens (primary N) is 1. The van der Waals surface area contributed by atoms with Gasteiger partial charge in [0.25, 0.3) is 0 Å². The zero-order valence-electron chi connectivity index (χ0n) is 8.74. The third kappa shape index (κ3) is 1.76. The van der Waals surface area contributed by atoms with Crippen LogP contribution in [0.15, 0.2) is 24.4 Å². The molecule has 1 aromatic carbocycles. The Morgan fingerprint density at radius 1 is 1.31 bits per heavy atom. The van der Waals surface area contributed by atoms with Gasteiger partial charge in [-0.15, -0.1) is 0 Å². The van der Waals surface area contributed by atoms with Crippen molar-refractivity contribution in [3.63, 3.8) is 0 Å². The molecule has 0 unspecified atom stereocenters. The van der Waals surface area contributed by atoms with E-state index < -0.39 is 11.6 Å². The fourth-order valence-corrected chi connectivity index (χ4v) is 1.53. The minimum Gasteiger partial charge on any atom is -0.369 e. The average molecular weight is 223 g/mol. The molecule has 84 valence electrons. The van der Waals surface area contributed by atoms with Crippen LogP contribution in [0.1, 0.15) is 11.3 Å². The van der Waals surface area contributed by atoms with Crippen LogP contribution < -0.4 is 5.73 Å². The number of halogens is 2. The summed E-state index contributed by atoms with van der Waals surface area (Å²) < 4.78 is 28.3. The van der Waals surface area contributed by atoms with Gasteiger partial charge in [-0.1, -0.05) is 6.07 Å². The van der Waals surface area contributed by atoms with E-state index in [4.69, 9.17) is 5.73 Å². The Hall–Kier alpha value is -1.91. The maximum atomic E-state index is 13.4. The topological polar surface area (TPSA) is 43.8 Å². The van der Waals surface area contributed by atoms with Crippen molar-refractivity contribution >= 4 is 5.95 Å². The van der Waals surface area contributed by atoms with E-state index in [0.29, 0.717) is 0 Å². The number of hydrogen-bond donors (Lipinski definition) is 1. The molecule has 0 fully saturated rings. The molecular formula is C11H11F2N3. The molecular weight excluding hydrogens is 212 g/mol. The molecule has 0 bridgehead atoms. The second-order valence-electron chi connectivity index (χ2n) is 3.54. The van der Waals surface area contributed by atoms with Crippen molar-refractivity contribution in [3.8, 4) is 0 Å². The first-order chi connectivity index (χ1) is 7.59. The molecule has 2 rings (SSSR count). The van der Waals surface area contributed by atoms with Crippen molar-refractivity contribution in [3.05, 3.63) is 47.3 Å². The van der Waals surface area contributed by atoms with Crippen LogP contribution in [-0.4, -0.2) is 9.55 Å². The zero-order chi connectivity index (χ0) is 11.7. The van der Waals surface area contributed by atoms with E-state index in [1.165, 1.54) is 18.2 Å². The van der Waals surface area contributed by atoms with E-state index in [-0.39, 0.29) is 18.1 Å². The van der Waals surface area contributed by atoms with Crippen LogP contribution in [0.3, 0.4) is 0 Å². The van der Waals surface area contributed by atoms with Gasteiger partial charge in [0.15, 0.2) is 0 Å². The smallest absolute Gasteiger partial charge is 0.200 e. The molecule has 16 heavy (non-hydrogen) atoms. The molecule has 1 heterocycles. The zero-order valence-corrected chi connectivity index (χ0v) is 8.74. The minimum absolute atomic E-state index is 0.00435. The van der Waals surface area contributed by atoms with Gasteiger partial charge in [0, 0.05) is 11.3 Å². The number of anilines is 1. The molecule has 0 saturated heterocycles. The molecule has 0 radical (unpaired) electrons. The van der Waals surface area contributed by atoms with E-state index in [1.54, 1.807) is 17.7 Å². The Morgan fingerprint density at radius 3 is 2.44 bits per heavy atom. The van der Waals surface area contributed by atoms with Crippen molar-refractivity contribution in [1.82, 2.24) is 9.55 Å². The molecule has 2 N–H and O–H groups in total. The van der Waals surface area contributed by atoms with E-state index in [2.05, 4.69) is 4.98 Å². The van der Waals surface area contributed by atoms with Crippen molar-refractivity contribution in [2.75, 3.05) is 5.73 Å². The highest BCUT2D eigenvalue weighted by Gasteiger charge is 2.11. The summed E-state index contributed by atoms with van der Waals surface area (Å²) in [4.78, 5) is 3.87. The highest BCUT2D eigenvalue weighted by atomic mass is 19.1. The van der Waals surface area contributed by atoms with E-state index in [0.717, 1.165) is 5.69 Å². The molecule has 0 atom stereocenters. The summed E-state index contributed by atoms with van der Waals surface area (Å²) in [5, 5.41) is 0. The highest BCUT2D eigenvalue weighted by molar-refractivity contribution is 5.27. The number of nitrogens with zero attached hydrogens (tertiary/aromatic N) is 2. The second-order valence-corrected chi connectivity index (χ2v) is 3.54. The van der Waals surface area contributed by atoms with Crippen molar-refractivity contribution in [2.45, 2.75) is 13.5 Å². The summed E-state index contributed by atoms with van der Waals surface area (Å²) in [6.45, 7) is 1.83. The number of aromatic nitrogens is 2. The second kappa shape index (κ2) is 3.92. The number of aryl methyl sites for hydroxylation is 1. The number of imidazole rings is 1. The summed E-state index contributed by atoms with van der Waals surface area (Å²) in [6, 6.07) is 3.78. The normalized spacial score (nSPS) is 10.7. The maximum Gasteiger partial charge on any atom is 0.200 e. The van der Waals surface area contributed by atoms with Crippen LogP contribution in [0.5, 0.6) is 0 Å². The predicted molar refractivity (Wildman–Crippen MR) is 56.8 cm³/mol. The lowest BCUT2D eigenvalue weighted by Crippen LogP contribution is -2.09. The Bertz CT molecular complexity index is 480. The van der Waals surface area contributed by atoms with Crippen molar-refractivity contribution in [2.24, 2.45) is 0 Å². The molecule has 5 heteroatoms. The predicted octanol–water partition coefficient (Wildman–Crippen LogP) is 2.10. The van der Waals surface area contributed by atoms with E-state index in [1.807, 2.05) is 0 Å². The molecule has 0 aliphatic heterocycles. The molecule has 0 amide bonds. The van der Waals surface area contributed by atoms with Crippen molar-refractivity contribution < 1.29 is 8.78 Å². The molecule has 2 aromatic rings. The summed E-state index contributed by atoms with van der Waals surface area (Å²) in [6.07, 6.45) is 1.56. The van der Waals surface area contributed by atoms with Crippen molar-refractivity contribution in [1.29, 1.82) is 0 Å². The van der Waals surface area contributed by atoms with Gasteiger partial charge < -0.3 is 10.3 Å². The van der Waals surface area contributed by atoms with Crippen LogP contribution in [-0.2, 0) is 6.54 Å². The van der Waals surface area contributed by atoms with E-state index >= 15 is 0 Å². The van der Waals surface area contributed by atoms with Gasteiger partial charge in [-0.2, -0.15) is 0 Å². The third-order valence-electron chi connectivity index (χ3n) is 2.46. The lowest BCUT2D eigenvalue weighted by Gasteiger charge is -2.09. The van der Waals surface area contributed by atoms with Gasteiger partial charge in [-0.3, -0.25) is 0 Å². The highest BCUT2D eigenvalue weighted by Crippen LogP contribution is 2.16. The van der Waals surface area contributed by atoms with Gasteiger partial charge in [-0.25, -0.2) is 13.8 Å². The van der Waals surface area contributed by atoms with Gasteiger partial charge in [0.2, 0.25) is 5.95 Å². The standard InChI is InChI=1S/C11H11F2N3/c1-7-5-15-11(14)16(7)6-8-9(12)3-2-4-10(8)13/h2-5H,6H2,1H3,(H2,14,15). The fraction of sp³-hybridized carbons (Fsp3) is 0.182. The molecule has 0 spiro atoms. The number of rotatable bonds is 2. The summed E-state index contributed by atoms with van der Waals surface area (Å²) in [5.74, 6) is -0.903. The fourth-order valence-electron chi connectivity index (χ4n) is 1.53. The first-order valence-corrected chi connectivity index (χ1v) is 4.80. The third-order valence-corrected chi connectivity index (χ3v) is 2.46. The summed E-state index contributed by atoms with van der Waals surface area (Å²) in [5.41, 5.74) is 6.36. The first-order valence-electron chi connectivity index (χ1n) is 4.80. The minimum atomic E-state index is -0.576. The molecule has 1 aromatic heterocycles. The Balaban J connectivity index is 2.41. The van der Waals surface area contributed by atoms with E-state index in [9.17, 15) is 8.78 Å². The Morgan fingerprint density at radius 2 is 1.94 bits per heavy atom. The maximum absolute atomic E-state index is 13.4. The van der Waals surface area contributed by atoms with Gasteiger partial charge in [0.1, 0.15) is 11.6 Å². The molecule has 0 saturated carbocycles. The van der Waals surface area contributed by atoms with Crippen LogP contribution in [0.2, 0.25) is 0 Å². The lowest BCUT2D eigenvalue weighted by molar-refractivity contribution is 0.544. The van der Waals surface area contributed by atoms with Gasteiger partial charge in [0.05, 0.1) is 12.7 Å². The average Bonchev–Trinajstić information content (AvgIpc) is 2.54. The first kappa shape index (κ1) is 10.6.